The number of hydrogen-bond acceptors (Lipinski definition) is 3. The van der Waals surface area contributed by atoms with Crippen molar-refractivity contribution in [1.82, 2.24) is 0 Å². The monoisotopic (exact) mass is 382 g/mol. The molecule has 3 nitrogen and oxygen atoms in total. The number of carbonyl (C=O) groups excluding carboxylic acids is 1. The van der Waals surface area contributed by atoms with Gasteiger partial charge in [-0.25, -0.2) is 4.79 Å². The smallest absolute Gasteiger partial charge is 0.428 e. The molecule has 0 aliphatic carbocycles. The molecule has 0 unspecified atom stereocenters. The molecule has 0 saturated carbocycles. The van der Waals surface area contributed by atoms with E-state index in [1.807, 2.05) is 27.7 Å². The Morgan fingerprint density at radius 2 is 0.929 bits per heavy atom. The van der Waals surface area contributed by atoms with E-state index in [9.17, 15) is 4.79 Å². The maximum absolute atomic E-state index is 12.4. The van der Waals surface area contributed by atoms with E-state index >= 15 is 0 Å². The summed E-state index contributed by atoms with van der Waals surface area (Å²) in [6, 6.07) is 16.9. The second kappa shape index (κ2) is 9.27. The summed E-state index contributed by atoms with van der Waals surface area (Å²) in [5.74, 6) is 0. The van der Waals surface area contributed by atoms with Gasteiger partial charge in [-0.05, 0) is 62.8 Å². The molecule has 0 aromatic heterocycles. The van der Waals surface area contributed by atoms with Crippen LogP contribution in [-0.2, 0) is 35.2 Å². The SMILES string of the molecule is CCc1ccc(CC(C)(C)OC(=O)OC(C)(C)Cc2ccc(CC)cc2)cc1. The summed E-state index contributed by atoms with van der Waals surface area (Å²) in [4.78, 5) is 12.4. The lowest BCUT2D eigenvalue weighted by molar-refractivity contribution is -0.0582. The Bertz CT molecular complexity index is 690. The van der Waals surface area contributed by atoms with Crippen molar-refractivity contribution in [1.29, 1.82) is 0 Å². The molecule has 0 spiro atoms. The molecule has 0 aliphatic rings. The number of benzene rings is 2. The van der Waals surface area contributed by atoms with Gasteiger partial charge in [-0.15, -0.1) is 0 Å². The Balaban J connectivity index is 1.92. The molecule has 0 aliphatic heterocycles. The number of ether oxygens (including phenoxy) is 2. The molecule has 0 fully saturated rings. The highest BCUT2D eigenvalue weighted by Gasteiger charge is 2.29. The van der Waals surface area contributed by atoms with Gasteiger partial charge >= 0.3 is 6.16 Å². The molecule has 0 amide bonds. The van der Waals surface area contributed by atoms with Crippen molar-refractivity contribution in [3.05, 3.63) is 70.8 Å². The first kappa shape index (κ1) is 22.0. The zero-order valence-corrected chi connectivity index (χ0v) is 18.2. The molecule has 0 atom stereocenters. The van der Waals surface area contributed by atoms with E-state index < -0.39 is 17.4 Å². The Labute approximate surface area is 170 Å². The van der Waals surface area contributed by atoms with Crippen LogP contribution >= 0.6 is 0 Å². The van der Waals surface area contributed by atoms with E-state index in [1.165, 1.54) is 11.1 Å². The van der Waals surface area contributed by atoms with Crippen LogP contribution in [0.15, 0.2) is 48.5 Å². The summed E-state index contributed by atoms with van der Waals surface area (Å²) in [6.07, 6.45) is 2.70. The van der Waals surface area contributed by atoms with Gasteiger partial charge in [-0.1, -0.05) is 62.4 Å². The van der Waals surface area contributed by atoms with E-state index in [-0.39, 0.29) is 0 Å². The summed E-state index contributed by atoms with van der Waals surface area (Å²) in [5, 5.41) is 0. The van der Waals surface area contributed by atoms with Crippen LogP contribution in [0.2, 0.25) is 0 Å². The normalized spacial score (nSPS) is 11.9. The molecule has 0 bridgehead atoms. The number of carbonyl (C=O) groups is 1. The van der Waals surface area contributed by atoms with Gasteiger partial charge in [0.05, 0.1) is 0 Å². The molecule has 2 aromatic carbocycles. The fraction of sp³-hybridized carbons (Fsp3) is 0.480. The summed E-state index contributed by atoms with van der Waals surface area (Å²) < 4.78 is 11.3. The van der Waals surface area contributed by atoms with Gasteiger partial charge < -0.3 is 9.47 Å². The zero-order valence-electron chi connectivity index (χ0n) is 18.2. The van der Waals surface area contributed by atoms with Crippen molar-refractivity contribution < 1.29 is 14.3 Å². The first-order chi connectivity index (χ1) is 13.1. The van der Waals surface area contributed by atoms with Crippen molar-refractivity contribution in [3.63, 3.8) is 0 Å². The van der Waals surface area contributed by atoms with Crippen LogP contribution in [0.25, 0.3) is 0 Å². The van der Waals surface area contributed by atoms with Gasteiger partial charge in [0, 0.05) is 12.8 Å². The van der Waals surface area contributed by atoms with Crippen LogP contribution in [-0.4, -0.2) is 17.4 Å². The molecule has 2 aromatic rings. The average Bonchev–Trinajstić information content (AvgIpc) is 2.61. The quantitative estimate of drug-likeness (QED) is 0.502. The average molecular weight is 383 g/mol. The van der Waals surface area contributed by atoms with E-state index in [0.717, 1.165) is 24.0 Å². The lowest BCUT2D eigenvalue weighted by Crippen LogP contribution is -2.36. The highest BCUT2D eigenvalue weighted by Crippen LogP contribution is 2.23. The molecule has 152 valence electrons. The van der Waals surface area contributed by atoms with Crippen LogP contribution in [0, 0.1) is 0 Å². The third-order valence-electron chi connectivity index (χ3n) is 4.84. The predicted octanol–water partition coefficient (Wildman–Crippen LogP) is 6.31. The van der Waals surface area contributed by atoms with Crippen LogP contribution < -0.4 is 0 Å². The molecule has 3 heteroatoms. The van der Waals surface area contributed by atoms with Gasteiger partial charge in [-0.3, -0.25) is 0 Å². The minimum absolute atomic E-state index is 0.620. The molecule has 0 heterocycles. The Morgan fingerprint density at radius 1 is 0.643 bits per heavy atom. The van der Waals surface area contributed by atoms with Crippen molar-refractivity contribution >= 4 is 6.16 Å². The van der Waals surface area contributed by atoms with E-state index in [2.05, 4.69) is 62.4 Å². The summed E-state index contributed by atoms with van der Waals surface area (Å²) in [7, 11) is 0. The second-order valence-electron chi connectivity index (χ2n) is 8.67. The van der Waals surface area contributed by atoms with Crippen LogP contribution in [0.1, 0.15) is 63.8 Å². The fourth-order valence-electron chi connectivity index (χ4n) is 3.31. The van der Waals surface area contributed by atoms with Gasteiger partial charge in [0.25, 0.3) is 0 Å². The minimum atomic E-state index is -0.635. The Morgan fingerprint density at radius 3 is 1.21 bits per heavy atom. The molecular formula is C25H34O3. The Hall–Kier alpha value is -2.29. The lowest BCUT2D eigenvalue weighted by atomic mass is 9.97. The molecule has 2 rings (SSSR count). The first-order valence-electron chi connectivity index (χ1n) is 10.2. The van der Waals surface area contributed by atoms with Crippen molar-refractivity contribution in [2.75, 3.05) is 0 Å². The van der Waals surface area contributed by atoms with Gasteiger partial charge in [0.1, 0.15) is 11.2 Å². The Kier molecular flexibility index (Phi) is 7.29. The summed E-state index contributed by atoms with van der Waals surface area (Å²) in [5.41, 5.74) is 3.62. The number of hydrogen-bond donors (Lipinski definition) is 0. The zero-order chi connectivity index (χ0) is 20.8. The second-order valence-corrected chi connectivity index (χ2v) is 8.67. The number of rotatable bonds is 8. The molecule has 0 radical (unpaired) electrons. The first-order valence-corrected chi connectivity index (χ1v) is 10.2. The topological polar surface area (TPSA) is 35.5 Å². The van der Waals surface area contributed by atoms with Crippen LogP contribution in [0.4, 0.5) is 4.79 Å². The summed E-state index contributed by atoms with van der Waals surface area (Å²) >= 11 is 0. The number of aryl methyl sites for hydroxylation is 2. The largest absolute Gasteiger partial charge is 0.509 e. The van der Waals surface area contributed by atoms with Gasteiger partial charge in [0.2, 0.25) is 0 Å². The van der Waals surface area contributed by atoms with E-state index in [0.29, 0.717) is 12.8 Å². The highest BCUT2D eigenvalue weighted by atomic mass is 16.7. The van der Waals surface area contributed by atoms with Crippen molar-refractivity contribution in [2.45, 2.75) is 78.4 Å². The maximum Gasteiger partial charge on any atom is 0.509 e. The van der Waals surface area contributed by atoms with Crippen molar-refractivity contribution in [2.24, 2.45) is 0 Å². The van der Waals surface area contributed by atoms with E-state index in [1.54, 1.807) is 0 Å². The molecule has 0 saturated heterocycles. The molecule has 28 heavy (non-hydrogen) atoms. The van der Waals surface area contributed by atoms with Gasteiger partial charge in [0.15, 0.2) is 0 Å². The third kappa shape index (κ3) is 7.03. The summed E-state index contributed by atoms with van der Waals surface area (Å²) in [6.45, 7) is 11.9. The lowest BCUT2D eigenvalue weighted by Gasteiger charge is -2.29. The van der Waals surface area contributed by atoms with Crippen LogP contribution in [0.5, 0.6) is 0 Å². The highest BCUT2D eigenvalue weighted by molar-refractivity contribution is 5.61. The van der Waals surface area contributed by atoms with Crippen molar-refractivity contribution in [3.8, 4) is 0 Å². The fourth-order valence-corrected chi connectivity index (χ4v) is 3.31. The predicted molar refractivity (Wildman–Crippen MR) is 115 cm³/mol. The molecular weight excluding hydrogens is 348 g/mol. The minimum Gasteiger partial charge on any atom is -0.428 e. The van der Waals surface area contributed by atoms with E-state index in [4.69, 9.17) is 9.47 Å². The van der Waals surface area contributed by atoms with Gasteiger partial charge in [-0.2, -0.15) is 0 Å². The molecule has 0 N–H and O–H groups in total. The standard InChI is InChI=1S/C25H34O3/c1-7-19-9-13-21(14-10-19)17-24(3,4)27-23(26)28-25(5,6)18-22-15-11-20(8-2)12-16-22/h9-16H,7-8,17-18H2,1-6H3. The van der Waals surface area contributed by atoms with Crippen LogP contribution in [0.3, 0.4) is 0 Å². The maximum atomic E-state index is 12.4. The third-order valence-corrected chi connectivity index (χ3v) is 4.84.